The SMILES string of the molecule is CCC(Cl)CCCC[C@@H](N=[N+]=[N-])C(=O)O. The van der Waals surface area contributed by atoms with Crippen LogP contribution in [0.3, 0.4) is 0 Å². The summed E-state index contributed by atoms with van der Waals surface area (Å²) in [5, 5.41) is 12.0. The van der Waals surface area contributed by atoms with Crippen LogP contribution in [0.5, 0.6) is 0 Å². The van der Waals surface area contributed by atoms with Gasteiger partial charge in [0, 0.05) is 10.3 Å². The van der Waals surface area contributed by atoms with Crippen LogP contribution in [-0.2, 0) is 4.79 Å². The molecule has 0 saturated heterocycles. The molecule has 1 unspecified atom stereocenters. The number of unbranched alkanes of at least 4 members (excludes halogenated alkanes) is 1. The van der Waals surface area contributed by atoms with Gasteiger partial charge in [-0.15, -0.1) is 11.6 Å². The van der Waals surface area contributed by atoms with Gasteiger partial charge in [-0.05, 0) is 24.8 Å². The molecule has 0 radical (unpaired) electrons. The number of hydrogen-bond acceptors (Lipinski definition) is 2. The molecule has 0 aromatic heterocycles. The van der Waals surface area contributed by atoms with Crippen LogP contribution in [-0.4, -0.2) is 22.5 Å². The summed E-state index contributed by atoms with van der Waals surface area (Å²) in [4.78, 5) is 13.1. The van der Waals surface area contributed by atoms with Crippen molar-refractivity contribution in [2.45, 2.75) is 50.4 Å². The van der Waals surface area contributed by atoms with E-state index < -0.39 is 12.0 Å². The van der Waals surface area contributed by atoms with Crippen molar-refractivity contribution in [2.24, 2.45) is 5.11 Å². The number of hydrogen-bond donors (Lipinski definition) is 1. The summed E-state index contributed by atoms with van der Waals surface area (Å²) in [6.07, 6.45) is 3.76. The monoisotopic (exact) mass is 233 g/mol. The van der Waals surface area contributed by atoms with Crippen LogP contribution in [0.1, 0.15) is 39.0 Å². The molecule has 15 heavy (non-hydrogen) atoms. The molecule has 2 atom stereocenters. The minimum atomic E-state index is -1.06. The first kappa shape index (κ1) is 14.1. The Morgan fingerprint density at radius 1 is 1.53 bits per heavy atom. The van der Waals surface area contributed by atoms with Gasteiger partial charge < -0.3 is 5.11 Å². The molecule has 0 rings (SSSR count). The van der Waals surface area contributed by atoms with E-state index in [9.17, 15) is 4.79 Å². The van der Waals surface area contributed by atoms with Crippen molar-refractivity contribution < 1.29 is 9.90 Å². The minimum absolute atomic E-state index is 0.160. The lowest BCUT2D eigenvalue weighted by molar-refractivity contribution is -0.138. The Bertz CT molecular complexity index is 240. The Morgan fingerprint density at radius 2 is 2.13 bits per heavy atom. The molecule has 0 saturated carbocycles. The Hall–Kier alpha value is -0.930. The van der Waals surface area contributed by atoms with Gasteiger partial charge >= 0.3 is 5.97 Å². The second-order valence-electron chi connectivity index (χ2n) is 3.35. The van der Waals surface area contributed by atoms with Crippen LogP contribution >= 0.6 is 11.6 Å². The van der Waals surface area contributed by atoms with E-state index >= 15 is 0 Å². The lowest BCUT2D eigenvalue weighted by Crippen LogP contribution is -2.16. The summed E-state index contributed by atoms with van der Waals surface area (Å²) in [7, 11) is 0. The van der Waals surface area contributed by atoms with Crippen molar-refractivity contribution in [3.63, 3.8) is 0 Å². The quantitative estimate of drug-likeness (QED) is 0.229. The smallest absolute Gasteiger partial charge is 0.312 e. The van der Waals surface area contributed by atoms with Crippen LogP contribution < -0.4 is 0 Å². The maximum atomic E-state index is 10.6. The molecule has 1 N–H and O–H groups in total. The number of alkyl halides is 1. The topological polar surface area (TPSA) is 86.1 Å². The van der Waals surface area contributed by atoms with Crippen molar-refractivity contribution in [1.29, 1.82) is 0 Å². The maximum absolute atomic E-state index is 10.6. The number of halogens is 1. The molecule has 0 aliphatic rings. The molecule has 0 amide bonds. The van der Waals surface area contributed by atoms with E-state index in [0.717, 1.165) is 25.7 Å². The molecule has 86 valence electrons. The average Bonchev–Trinajstić information content (AvgIpc) is 2.21. The molecule has 0 heterocycles. The first-order chi connectivity index (χ1) is 7.11. The van der Waals surface area contributed by atoms with Gasteiger partial charge in [-0.3, -0.25) is 4.79 Å². The standard InChI is InChI=1S/C9H16ClN3O2/c1-2-7(10)5-3-4-6-8(9(14)15)12-13-11/h7-8H,2-6H2,1H3,(H,14,15)/t7?,8-/m1/s1. The van der Waals surface area contributed by atoms with E-state index in [0.29, 0.717) is 6.42 Å². The van der Waals surface area contributed by atoms with E-state index in [2.05, 4.69) is 10.0 Å². The first-order valence-electron chi connectivity index (χ1n) is 5.02. The highest BCUT2D eigenvalue weighted by Gasteiger charge is 2.14. The summed E-state index contributed by atoms with van der Waals surface area (Å²) < 4.78 is 0. The predicted molar refractivity (Wildman–Crippen MR) is 59.0 cm³/mol. The summed E-state index contributed by atoms with van der Waals surface area (Å²) >= 11 is 5.91. The van der Waals surface area contributed by atoms with Crippen molar-refractivity contribution in [3.05, 3.63) is 10.4 Å². The summed E-state index contributed by atoms with van der Waals surface area (Å²) in [6.45, 7) is 2.01. The number of azide groups is 1. The number of nitrogens with zero attached hydrogens (tertiary/aromatic N) is 3. The molecule has 0 aromatic carbocycles. The molecule has 6 heteroatoms. The van der Waals surface area contributed by atoms with Gasteiger partial charge in [-0.2, -0.15) is 0 Å². The first-order valence-corrected chi connectivity index (χ1v) is 5.46. The second kappa shape index (κ2) is 8.38. The number of carbonyl (C=O) groups is 1. The summed E-state index contributed by atoms with van der Waals surface area (Å²) in [5.41, 5.74) is 8.14. The largest absolute Gasteiger partial charge is 0.481 e. The third-order valence-electron chi connectivity index (χ3n) is 2.16. The number of carboxylic acids is 1. The molecular weight excluding hydrogens is 218 g/mol. The van der Waals surface area contributed by atoms with Crippen LogP contribution in [0.25, 0.3) is 10.4 Å². The number of rotatable bonds is 8. The van der Waals surface area contributed by atoms with Crippen molar-refractivity contribution in [1.82, 2.24) is 0 Å². The molecule has 0 spiro atoms. The fourth-order valence-electron chi connectivity index (χ4n) is 1.20. The minimum Gasteiger partial charge on any atom is -0.481 e. The van der Waals surface area contributed by atoms with E-state index in [1.807, 2.05) is 6.92 Å². The van der Waals surface area contributed by atoms with Crippen molar-refractivity contribution in [2.75, 3.05) is 0 Å². The van der Waals surface area contributed by atoms with Gasteiger partial charge in [0.15, 0.2) is 0 Å². The lowest BCUT2D eigenvalue weighted by Gasteiger charge is -2.07. The van der Waals surface area contributed by atoms with Gasteiger partial charge in [0.2, 0.25) is 0 Å². The van der Waals surface area contributed by atoms with Gasteiger partial charge in [-0.1, -0.05) is 24.9 Å². The van der Waals surface area contributed by atoms with Crippen LogP contribution in [0.15, 0.2) is 5.11 Å². The normalized spacial score (nSPS) is 14.0. The number of aliphatic carboxylic acids is 1. The molecule has 0 aliphatic heterocycles. The summed E-state index contributed by atoms with van der Waals surface area (Å²) in [6, 6.07) is -0.939. The van der Waals surface area contributed by atoms with E-state index in [-0.39, 0.29) is 5.38 Å². The zero-order chi connectivity index (χ0) is 11.7. The highest BCUT2D eigenvalue weighted by molar-refractivity contribution is 6.20. The van der Waals surface area contributed by atoms with Gasteiger partial charge in [-0.25, -0.2) is 0 Å². The van der Waals surface area contributed by atoms with Crippen LogP contribution in [0, 0.1) is 0 Å². The average molecular weight is 234 g/mol. The molecule has 0 aromatic rings. The molecule has 5 nitrogen and oxygen atoms in total. The van der Waals surface area contributed by atoms with Gasteiger partial charge in [0.05, 0.1) is 0 Å². The van der Waals surface area contributed by atoms with Gasteiger partial charge in [0.1, 0.15) is 6.04 Å². The van der Waals surface area contributed by atoms with E-state index in [4.69, 9.17) is 22.2 Å². The van der Waals surface area contributed by atoms with Crippen LogP contribution in [0.4, 0.5) is 0 Å². The fraction of sp³-hybridized carbons (Fsp3) is 0.889. The molecule has 0 fully saturated rings. The fourth-order valence-corrected chi connectivity index (χ4v) is 1.35. The summed E-state index contributed by atoms with van der Waals surface area (Å²) in [5.74, 6) is -1.06. The van der Waals surface area contributed by atoms with Gasteiger partial charge in [0.25, 0.3) is 0 Å². The maximum Gasteiger partial charge on any atom is 0.312 e. The number of carboxylic acid groups (broad SMARTS) is 1. The van der Waals surface area contributed by atoms with Crippen molar-refractivity contribution in [3.8, 4) is 0 Å². The van der Waals surface area contributed by atoms with E-state index in [1.165, 1.54) is 0 Å². The third kappa shape index (κ3) is 7.05. The molecular formula is C9H16ClN3O2. The van der Waals surface area contributed by atoms with E-state index in [1.54, 1.807) is 0 Å². The molecule has 0 bridgehead atoms. The lowest BCUT2D eigenvalue weighted by atomic mass is 10.1. The second-order valence-corrected chi connectivity index (χ2v) is 3.97. The highest BCUT2D eigenvalue weighted by atomic mass is 35.5. The highest BCUT2D eigenvalue weighted by Crippen LogP contribution is 2.14. The zero-order valence-corrected chi connectivity index (χ0v) is 9.52. The Kier molecular flexibility index (Phi) is 7.86. The van der Waals surface area contributed by atoms with Crippen molar-refractivity contribution >= 4 is 17.6 Å². The molecule has 0 aliphatic carbocycles. The Labute approximate surface area is 94.1 Å². The Balaban J connectivity index is 3.72. The predicted octanol–water partition coefficient (Wildman–Crippen LogP) is 3.33. The van der Waals surface area contributed by atoms with Crippen LogP contribution in [0.2, 0.25) is 0 Å². The Morgan fingerprint density at radius 3 is 2.60 bits per heavy atom. The zero-order valence-electron chi connectivity index (χ0n) is 8.77. The third-order valence-corrected chi connectivity index (χ3v) is 2.69.